The van der Waals surface area contributed by atoms with Gasteiger partial charge in [0.2, 0.25) is 0 Å². The fraction of sp³-hybridized carbons (Fsp3) is 0.786. The second-order valence-electron chi connectivity index (χ2n) is 5.03. The minimum absolute atomic E-state index is 0.368. The van der Waals surface area contributed by atoms with Crippen molar-refractivity contribution in [2.75, 3.05) is 13.2 Å². The van der Waals surface area contributed by atoms with Gasteiger partial charge in [-0.3, -0.25) is 0 Å². The Balaban J connectivity index is 1.94. The predicted molar refractivity (Wildman–Crippen MR) is 76.2 cm³/mol. The summed E-state index contributed by atoms with van der Waals surface area (Å²) in [5.74, 6) is 0. The third-order valence-electron chi connectivity index (χ3n) is 3.42. The van der Waals surface area contributed by atoms with Gasteiger partial charge in [0.1, 0.15) is 0 Å². The molecule has 1 fully saturated rings. The molecule has 1 aromatic rings. The first-order chi connectivity index (χ1) is 8.79. The molecule has 2 heterocycles. The molecule has 1 aromatic heterocycles. The molecule has 3 nitrogen and oxygen atoms in total. The van der Waals surface area contributed by atoms with Crippen LogP contribution in [0.15, 0.2) is 5.38 Å². The molecule has 102 valence electrons. The quantitative estimate of drug-likeness (QED) is 0.861. The van der Waals surface area contributed by atoms with Crippen molar-refractivity contribution in [1.82, 2.24) is 10.3 Å². The predicted octanol–water partition coefficient (Wildman–Crippen LogP) is 2.93. The van der Waals surface area contributed by atoms with Crippen molar-refractivity contribution in [1.29, 1.82) is 0 Å². The summed E-state index contributed by atoms with van der Waals surface area (Å²) in [7, 11) is 0. The summed E-state index contributed by atoms with van der Waals surface area (Å²) in [5, 5.41) is 6.97. The largest absolute Gasteiger partial charge is 0.377 e. The molecule has 0 radical (unpaired) electrons. The highest BCUT2D eigenvalue weighted by molar-refractivity contribution is 7.09. The van der Waals surface area contributed by atoms with Gasteiger partial charge in [0.05, 0.1) is 16.8 Å². The maximum absolute atomic E-state index is 5.93. The smallest absolute Gasteiger partial charge is 0.0897 e. The van der Waals surface area contributed by atoms with Crippen molar-refractivity contribution in [3.05, 3.63) is 16.1 Å². The lowest BCUT2D eigenvalue weighted by Crippen LogP contribution is -2.44. The van der Waals surface area contributed by atoms with Gasteiger partial charge >= 0.3 is 0 Å². The van der Waals surface area contributed by atoms with Gasteiger partial charge < -0.3 is 10.1 Å². The maximum Gasteiger partial charge on any atom is 0.0897 e. The van der Waals surface area contributed by atoms with Crippen molar-refractivity contribution < 1.29 is 4.74 Å². The van der Waals surface area contributed by atoms with Crippen LogP contribution in [0.2, 0.25) is 0 Å². The van der Waals surface area contributed by atoms with E-state index < -0.39 is 0 Å². The molecular formula is C14H24N2OS. The summed E-state index contributed by atoms with van der Waals surface area (Å²) >= 11 is 1.74. The van der Waals surface area contributed by atoms with Crippen molar-refractivity contribution in [3.63, 3.8) is 0 Å². The molecule has 4 heteroatoms. The Labute approximate surface area is 114 Å². The van der Waals surface area contributed by atoms with E-state index >= 15 is 0 Å². The van der Waals surface area contributed by atoms with Crippen LogP contribution < -0.4 is 5.32 Å². The summed E-state index contributed by atoms with van der Waals surface area (Å²) < 4.78 is 5.93. The van der Waals surface area contributed by atoms with Crippen LogP contribution in [0.5, 0.6) is 0 Å². The highest BCUT2D eigenvalue weighted by Crippen LogP contribution is 2.19. The lowest BCUT2D eigenvalue weighted by molar-refractivity contribution is -0.00754. The second-order valence-corrected chi connectivity index (χ2v) is 6.09. The summed E-state index contributed by atoms with van der Waals surface area (Å²) in [6.07, 6.45) is 6.23. The Hall–Kier alpha value is -0.450. The lowest BCUT2D eigenvalue weighted by atomic mass is 9.98. The van der Waals surface area contributed by atoms with Gasteiger partial charge in [-0.1, -0.05) is 6.92 Å². The number of nitrogens with one attached hydrogen (secondary N) is 1. The molecule has 0 bridgehead atoms. The Morgan fingerprint density at radius 1 is 1.56 bits per heavy atom. The molecule has 2 atom stereocenters. The zero-order valence-corrected chi connectivity index (χ0v) is 12.3. The fourth-order valence-corrected chi connectivity index (χ4v) is 3.10. The Morgan fingerprint density at radius 3 is 3.06 bits per heavy atom. The number of hydrogen-bond acceptors (Lipinski definition) is 4. The molecule has 0 saturated carbocycles. The van der Waals surface area contributed by atoms with E-state index in [1.54, 1.807) is 11.3 Å². The molecule has 1 aliphatic rings. The maximum atomic E-state index is 5.93. The van der Waals surface area contributed by atoms with Gasteiger partial charge in [-0.2, -0.15) is 0 Å². The first kappa shape index (κ1) is 14.0. The van der Waals surface area contributed by atoms with Crippen LogP contribution in [0.25, 0.3) is 0 Å². The average molecular weight is 268 g/mol. The number of nitrogens with zero attached hydrogens (tertiary/aromatic N) is 1. The zero-order valence-electron chi connectivity index (χ0n) is 11.4. The number of hydrogen-bond donors (Lipinski definition) is 1. The van der Waals surface area contributed by atoms with Crippen LogP contribution in [-0.2, 0) is 11.2 Å². The topological polar surface area (TPSA) is 34.2 Å². The summed E-state index contributed by atoms with van der Waals surface area (Å²) in [4.78, 5) is 4.58. The van der Waals surface area contributed by atoms with Crippen LogP contribution in [0.3, 0.4) is 0 Å². The van der Waals surface area contributed by atoms with E-state index in [4.69, 9.17) is 4.74 Å². The van der Waals surface area contributed by atoms with Gasteiger partial charge in [0.25, 0.3) is 0 Å². The first-order valence-electron chi connectivity index (χ1n) is 7.05. The summed E-state index contributed by atoms with van der Waals surface area (Å²) in [6, 6.07) is 0.423. The van der Waals surface area contributed by atoms with Gasteiger partial charge in [-0.15, -0.1) is 11.3 Å². The molecule has 1 aliphatic heterocycles. The first-order valence-corrected chi connectivity index (χ1v) is 7.93. The third-order valence-corrected chi connectivity index (χ3v) is 4.24. The molecule has 18 heavy (non-hydrogen) atoms. The van der Waals surface area contributed by atoms with Gasteiger partial charge in [0, 0.05) is 24.4 Å². The van der Waals surface area contributed by atoms with E-state index in [1.807, 2.05) is 0 Å². The highest BCUT2D eigenvalue weighted by atomic mass is 32.1. The fourth-order valence-electron chi connectivity index (χ4n) is 2.48. The van der Waals surface area contributed by atoms with Gasteiger partial charge in [0.15, 0.2) is 0 Å². The summed E-state index contributed by atoms with van der Waals surface area (Å²) in [5.41, 5.74) is 1.21. The van der Waals surface area contributed by atoms with Gasteiger partial charge in [-0.05, 0) is 39.2 Å². The number of aryl methyl sites for hydroxylation is 1. The molecule has 2 rings (SSSR count). The summed E-state index contributed by atoms with van der Waals surface area (Å²) in [6.45, 7) is 6.26. The minimum atomic E-state index is 0.368. The molecule has 1 saturated heterocycles. The second kappa shape index (κ2) is 7.22. The molecule has 0 aromatic carbocycles. The standard InChI is InChI=1S/C14H24N2OS/c1-3-7-15-13(14-6-4-5-8-17-14)9-12-10-18-11(2)16-12/h10,13-15H,3-9H2,1-2H3. The van der Waals surface area contributed by atoms with E-state index in [9.17, 15) is 0 Å². The Kier molecular flexibility index (Phi) is 5.60. The average Bonchev–Trinajstić information content (AvgIpc) is 2.81. The van der Waals surface area contributed by atoms with E-state index in [1.165, 1.54) is 31.4 Å². The molecule has 0 aliphatic carbocycles. The van der Waals surface area contributed by atoms with E-state index in [-0.39, 0.29) is 0 Å². The van der Waals surface area contributed by atoms with E-state index in [2.05, 4.69) is 29.5 Å². The molecule has 2 unspecified atom stereocenters. The molecule has 1 N–H and O–H groups in total. The van der Waals surface area contributed by atoms with E-state index in [0.717, 1.165) is 24.6 Å². The van der Waals surface area contributed by atoms with E-state index in [0.29, 0.717) is 12.1 Å². The number of ether oxygens (including phenoxy) is 1. The lowest BCUT2D eigenvalue weighted by Gasteiger charge is -2.31. The monoisotopic (exact) mass is 268 g/mol. The number of rotatable bonds is 6. The molecule has 0 spiro atoms. The van der Waals surface area contributed by atoms with Crippen LogP contribution in [0, 0.1) is 6.92 Å². The molecular weight excluding hydrogens is 244 g/mol. The zero-order chi connectivity index (χ0) is 12.8. The third kappa shape index (κ3) is 4.04. The number of aromatic nitrogens is 1. The minimum Gasteiger partial charge on any atom is -0.377 e. The van der Waals surface area contributed by atoms with Crippen molar-refractivity contribution in [3.8, 4) is 0 Å². The van der Waals surface area contributed by atoms with Crippen molar-refractivity contribution in [2.24, 2.45) is 0 Å². The van der Waals surface area contributed by atoms with Crippen LogP contribution >= 0.6 is 11.3 Å². The Bertz CT molecular complexity index is 347. The van der Waals surface area contributed by atoms with Crippen molar-refractivity contribution >= 4 is 11.3 Å². The van der Waals surface area contributed by atoms with Crippen LogP contribution in [-0.4, -0.2) is 30.3 Å². The normalized spacial score (nSPS) is 22.0. The molecule has 0 amide bonds. The van der Waals surface area contributed by atoms with Crippen molar-refractivity contribution in [2.45, 2.75) is 58.1 Å². The Morgan fingerprint density at radius 2 is 2.44 bits per heavy atom. The van der Waals surface area contributed by atoms with Crippen LogP contribution in [0.1, 0.15) is 43.3 Å². The van der Waals surface area contributed by atoms with Gasteiger partial charge in [-0.25, -0.2) is 4.98 Å². The van der Waals surface area contributed by atoms with Crippen LogP contribution in [0.4, 0.5) is 0 Å². The highest BCUT2D eigenvalue weighted by Gasteiger charge is 2.24. The number of thiazole rings is 1. The SMILES string of the molecule is CCCNC(Cc1csc(C)n1)C1CCCCO1.